The first-order chi connectivity index (χ1) is 9.74. The van der Waals surface area contributed by atoms with Gasteiger partial charge in [-0.15, -0.1) is 5.10 Å². The normalized spacial score (nSPS) is 20.1. The van der Waals surface area contributed by atoms with Crippen LogP contribution < -0.4 is 5.32 Å². The van der Waals surface area contributed by atoms with Gasteiger partial charge in [-0.25, -0.2) is 4.68 Å². The molecule has 6 heteroatoms. The molecular weight excluding hydrogens is 256 g/mol. The fourth-order valence-corrected chi connectivity index (χ4v) is 2.56. The molecule has 2 unspecified atom stereocenters. The van der Waals surface area contributed by atoms with Gasteiger partial charge in [-0.05, 0) is 31.9 Å². The summed E-state index contributed by atoms with van der Waals surface area (Å²) in [5, 5.41) is 11.0. The fourth-order valence-electron chi connectivity index (χ4n) is 2.56. The Kier molecular flexibility index (Phi) is 3.64. The molecule has 0 saturated carbocycles. The summed E-state index contributed by atoms with van der Waals surface area (Å²) in [7, 11) is 0. The highest BCUT2D eigenvalue weighted by atomic mass is 16.5. The van der Waals surface area contributed by atoms with Crippen LogP contribution in [-0.2, 0) is 16.1 Å². The number of amides is 1. The van der Waals surface area contributed by atoms with Crippen LogP contribution in [0.25, 0.3) is 11.0 Å². The molecule has 1 saturated heterocycles. The lowest BCUT2D eigenvalue weighted by Gasteiger charge is -2.19. The van der Waals surface area contributed by atoms with E-state index in [1.807, 2.05) is 31.2 Å². The van der Waals surface area contributed by atoms with Crippen molar-refractivity contribution >= 4 is 16.9 Å². The van der Waals surface area contributed by atoms with Gasteiger partial charge in [-0.1, -0.05) is 17.3 Å². The zero-order valence-corrected chi connectivity index (χ0v) is 11.5. The first-order valence-electron chi connectivity index (χ1n) is 6.93. The van der Waals surface area contributed by atoms with Crippen molar-refractivity contribution in [1.29, 1.82) is 0 Å². The average molecular weight is 274 g/mol. The first kappa shape index (κ1) is 13.1. The van der Waals surface area contributed by atoms with Gasteiger partial charge >= 0.3 is 0 Å². The second-order valence-corrected chi connectivity index (χ2v) is 5.14. The summed E-state index contributed by atoms with van der Waals surface area (Å²) >= 11 is 0. The van der Waals surface area contributed by atoms with Gasteiger partial charge in [0.2, 0.25) is 5.91 Å². The third-order valence-electron chi connectivity index (χ3n) is 3.62. The van der Waals surface area contributed by atoms with Crippen molar-refractivity contribution in [1.82, 2.24) is 20.3 Å². The van der Waals surface area contributed by atoms with Gasteiger partial charge < -0.3 is 10.1 Å². The molecule has 0 spiro atoms. The Morgan fingerprint density at radius 3 is 3.20 bits per heavy atom. The predicted octanol–water partition coefficient (Wildman–Crippen LogP) is 1.11. The van der Waals surface area contributed by atoms with Crippen LogP contribution >= 0.6 is 0 Å². The standard InChI is InChI=1S/C14H18N4O2/c1-10(13-7-4-8-20-13)15-14(19)9-18-12-6-3-2-5-11(12)16-17-18/h2-3,5-6,10,13H,4,7-9H2,1H3,(H,15,19). The second kappa shape index (κ2) is 5.58. The number of aromatic nitrogens is 3. The number of fused-ring (bicyclic) bond motifs is 1. The predicted molar refractivity (Wildman–Crippen MR) is 74.1 cm³/mol. The van der Waals surface area contributed by atoms with Gasteiger partial charge in [-0.3, -0.25) is 4.79 Å². The van der Waals surface area contributed by atoms with E-state index in [0.717, 1.165) is 30.5 Å². The SMILES string of the molecule is CC(NC(=O)Cn1nnc2ccccc21)C1CCCO1. The van der Waals surface area contributed by atoms with Crippen LogP contribution in [0.3, 0.4) is 0 Å². The van der Waals surface area contributed by atoms with Crippen molar-refractivity contribution in [2.24, 2.45) is 0 Å². The number of rotatable bonds is 4. The number of nitrogens with one attached hydrogen (secondary N) is 1. The molecule has 20 heavy (non-hydrogen) atoms. The topological polar surface area (TPSA) is 69.0 Å². The molecule has 1 aromatic heterocycles. The largest absolute Gasteiger partial charge is 0.376 e. The Morgan fingerprint density at radius 1 is 1.55 bits per heavy atom. The lowest BCUT2D eigenvalue weighted by Crippen LogP contribution is -2.42. The Bertz CT molecular complexity index is 604. The molecule has 1 aromatic carbocycles. The van der Waals surface area contributed by atoms with Crippen LogP contribution in [0.15, 0.2) is 24.3 Å². The highest BCUT2D eigenvalue weighted by Crippen LogP contribution is 2.15. The lowest BCUT2D eigenvalue weighted by molar-refractivity contribution is -0.123. The smallest absolute Gasteiger partial charge is 0.242 e. The zero-order chi connectivity index (χ0) is 13.9. The number of para-hydroxylation sites is 1. The highest BCUT2D eigenvalue weighted by molar-refractivity contribution is 5.79. The Hall–Kier alpha value is -1.95. The van der Waals surface area contributed by atoms with Crippen LogP contribution in [0, 0.1) is 0 Å². The van der Waals surface area contributed by atoms with Gasteiger partial charge in [0.15, 0.2) is 0 Å². The van der Waals surface area contributed by atoms with Crippen LogP contribution in [0.4, 0.5) is 0 Å². The van der Waals surface area contributed by atoms with E-state index in [4.69, 9.17) is 4.74 Å². The minimum atomic E-state index is -0.0661. The first-order valence-corrected chi connectivity index (χ1v) is 6.93. The van der Waals surface area contributed by atoms with Gasteiger partial charge in [-0.2, -0.15) is 0 Å². The molecule has 2 heterocycles. The Balaban J connectivity index is 1.63. The molecule has 1 amide bonds. The second-order valence-electron chi connectivity index (χ2n) is 5.14. The van der Waals surface area contributed by atoms with E-state index in [-0.39, 0.29) is 24.6 Å². The van der Waals surface area contributed by atoms with Crippen molar-refractivity contribution in [3.8, 4) is 0 Å². The van der Waals surface area contributed by atoms with Gasteiger partial charge in [0.1, 0.15) is 12.1 Å². The third-order valence-corrected chi connectivity index (χ3v) is 3.62. The number of ether oxygens (including phenoxy) is 1. The summed E-state index contributed by atoms with van der Waals surface area (Å²) in [4.78, 5) is 12.1. The lowest BCUT2D eigenvalue weighted by atomic mass is 10.1. The monoisotopic (exact) mass is 274 g/mol. The zero-order valence-electron chi connectivity index (χ0n) is 11.5. The Labute approximate surface area is 117 Å². The molecule has 0 aliphatic carbocycles. The molecule has 3 rings (SSSR count). The van der Waals surface area contributed by atoms with Crippen molar-refractivity contribution < 1.29 is 9.53 Å². The van der Waals surface area contributed by atoms with E-state index in [1.165, 1.54) is 0 Å². The van der Waals surface area contributed by atoms with E-state index in [9.17, 15) is 4.79 Å². The van der Waals surface area contributed by atoms with Crippen molar-refractivity contribution in [3.05, 3.63) is 24.3 Å². The van der Waals surface area contributed by atoms with Crippen LogP contribution in [-0.4, -0.2) is 39.7 Å². The van der Waals surface area contributed by atoms with E-state index < -0.39 is 0 Å². The molecule has 2 atom stereocenters. The average Bonchev–Trinajstić information content (AvgIpc) is 3.09. The summed E-state index contributed by atoms with van der Waals surface area (Å²) in [5.41, 5.74) is 1.67. The third kappa shape index (κ3) is 2.65. The quantitative estimate of drug-likeness (QED) is 0.907. The number of carbonyl (C=O) groups is 1. The summed E-state index contributed by atoms with van der Waals surface area (Å²) in [6, 6.07) is 7.63. The Morgan fingerprint density at radius 2 is 2.40 bits per heavy atom. The number of carbonyl (C=O) groups excluding carboxylic acids is 1. The molecule has 1 aliphatic heterocycles. The minimum Gasteiger partial charge on any atom is -0.376 e. The molecule has 1 N–H and O–H groups in total. The van der Waals surface area contributed by atoms with Crippen LogP contribution in [0.2, 0.25) is 0 Å². The number of benzene rings is 1. The highest BCUT2D eigenvalue weighted by Gasteiger charge is 2.23. The van der Waals surface area contributed by atoms with E-state index in [0.29, 0.717) is 0 Å². The maximum Gasteiger partial charge on any atom is 0.242 e. The van der Waals surface area contributed by atoms with Gasteiger partial charge in [0.25, 0.3) is 0 Å². The maximum absolute atomic E-state index is 12.1. The van der Waals surface area contributed by atoms with Crippen molar-refractivity contribution in [3.63, 3.8) is 0 Å². The van der Waals surface area contributed by atoms with Gasteiger partial charge in [0.05, 0.1) is 17.7 Å². The van der Waals surface area contributed by atoms with E-state index >= 15 is 0 Å². The number of hydrogen-bond acceptors (Lipinski definition) is 4. The molecule has 1 fully saturated rings. The molecule has 0 radical (unpaired) electrons. The van der Waals surface area contributed by atoms with Crippen LogP contribution in [0.1, 0.15) is 19.8 Å². The van der Waals surface area contributed by atoms with Crippen molar-refractivity contribution in [2.45, 2.75) is 38.5 Å². The minimum absolute atomic E-state index is 0.0276. The fraction of sp³-hybridized carbons (Fsp3) is 0.500. The number of hydrogen-bond donors (Lipinski definition) is 1. The molecule has 0 bridgehead atoms. The summed E-state index contributed by atoms with van der Waals surface area (Å²) < 4.78 is 7.19. The van der Waals surface area contributed by atoms with Gasteiger partial charge in [0, 0.05) is 6.61 Å². The molecule has 2 aromatic rings. The molecule has 1 aliphatic rings. The summed E-state index contributed by atoms with van der Waals surface area (Å²) in [5.74, 6) is -0.0661. The molecular formula is C14H18N4O2. The van der Waals surface area contributed by atoms with E-state index in [2.05, 4.69) is 15.6 Å². The molecule has 106 valence electrons. The number of nitrogens with zero attached hydrogens (tertiary/aromatic N) is 3. The van der Waals surface area contributed by atoms with Crippen LogP contribution in [0.5, 0.6) is 0 Å². The maximum atomic E-state index is 12.1. The summed E-state index contributed by atoms with van der Waals surface area (Å²) in [6.45, 7) is 2.95. The van der Waals surface area contributed by atoms with Crippen molar-refractivity contribution in [2.75, 3.05) is 6.61 Å². The summed E-state index contributed by atoms with van der Waals surface area (Å²) in [6.07, 6.45) is 2.21. The molecule has 6 nitrogen and oxygen atoms in total. The van der Waals surface area contributed by atoms with E-state index in [1.54, 1.807) is 4.68 Å².